The highest BCUT2D eigenvalue weighted by molar-refractivity contribution is 7.08. The number of urea groups is 1. The summed E-state index contributed by atoms with van der Waals surface area (Å²) in [6.45, 7) is -0.328. The Bertz CT molecular complexity index is 338. The molecule has 0 spiro atoms. The summed E-state index contributed by atoms with van der Waals surface area (Å²) in [4.78, 5) is 21.3. The van der Waals surface area contributed by atoms with Crippen molar-refractivity contribution in [2.24, 2.45) is 0 Å². The van der Waals surface area contributed by atoms with Crippen LogP contribution in [0.25, 0.3) is 0 Å². The number of carbonyl (C=O) groups excluding carboxylic acids is 1. The Morgan fingerprint density at radius 1 is 1.53 bits per heavy atom. The first-order valence-corrected chi connectivity index (χ1v) is 5.02. The number of nitrogens with one attached hydrogen (secondary N) is 2. The molecular formula is C8H10N2O4S. The van der Waals surface area contributed by atoms with E-state index < -0.39 is 18.1 Å². The Morgan fingerprint density at radius 3 is 2.80 bits per heavy atom. The van der Waals surface area contributed by atoms with Gasteiger partial charge in [0.1, 0.15) is 0 Å². The molecule has 2 amide bonds. The molecule has 1 heterocycles. The minimum absolute atomic E-state index is 0.328. The van der Waals surface area contributed by atoms with E-state index in [1.165, 1.54) is 11.3 Å². The molecule has 0 saturated carbocycles. The number of hydrogen-bond donors (Lipinski definition) is 4. The van der Waals surface area contributed by atoms with Crippen LogP contribution in [0, 0.1) is 0 Å². The molecule has 0 fully saturated rings. The molecule has 1 atom stereocenters. The molecule has 15 heavy (non-hydrogen) atoms. The average Bonchev–Trinajstić information content (AvgIpc) is 2.66. The fraction of sp³-hybridized carbons (Fsp3) is 0.250. The quantitative estimate of drug-likeness (QED) is 0.598. The maximum Gasteiger partial charge on any atom is 0.334 e. The SMILES string of the molecule is O=C(NC[C@H](O)C(=O)O)Nc1ccsc1. The predicted molar refractivity (Wildman–Crippen MR) is 55.0 cm³/mol. The molecular weight excluding hydrogens is 220 g/mol. The lowest BCUT2D eigenvalue weighted by atomic mass is 10.4. The standard InChI is InChI=1S/C8H10N2O4S/c11-6(7(12)13)3-9-8(14)10-5-1-2-15-4-5/h1-2,4,6,11H,3H2,(H,12,13)(H2,9,10,14)/t6-/m0/s1. The molecule has 0 aliphatic rings. The van der Waals surface area contributed by atoms with E-state index in [0.29, 0.717) is 5.69 Å². The van der Waals surface area contributed by atoms with Gasteiger partial charge in [0.15, 0.2) is 6.10 Å². The van der Waals surface area contributed by atoms with E-state index in [9.17, 15) is 9.59 Å². The van der Waals surface area contributed by atoms with Gasteiger partial charge in [-0.2, -0.15) is 11.3 Å². The van der Waals surface area contributed by atoms with E-state index in [2.05, 4.69) is 10.6 Å². The second kappa shape index (κ2) is 5.32. The van der Waals surface area contributed by atoms with Crippen LogP contribution in [-0.2, 0) is 4.79 Å². The number of amides is 2. The molecule has 0 unspecified atom stereocenters. The van der Waals surface area contributed by atoms with Crippen molar-refractivity contribution in [2.75, 3.05) is 11.9 Å². The number of carboxylic acid groups (broad SMARTS) is 1. The van der Waals surface area contributed by atoms with Crippen LogP contribution in [0.1, 0.15) is 0 Å². The topological polar surface area (TPSA) is 98.7 Å². The maximum atomic E-state index is 11.1. The van der Waals surface area contributed by atoms with Crippen molar-refractivity contribution in [3.8, 4) is 0 Å². The molecule has 0 aliphatic heterocycles. The van der Waals surface area contributed by atoms with Gasteiger partial charge in [0.2, 0.25) is 0 Å². The number of aliphatic hydroxyl groups is 1. The minimum atomic E-state index is -1.58. The molecule has 0 radical (unpaired) electrons. The number of rotatable bonds is 4. The van der Waals surface area contributed by atoms with Gasteiger partial charge in [0, 0.05) is 5.38 Å². The Morgan fingerprint density at radius 2 is 2.27 bits per heavy atom. The van der Waals surface area contributed by atoms with Crippen LogP contribution in [0.3, 0.4) is 0 Å². The molecule has 6 nitrogen and oxygen atoms in total. The summed E-state index contributed by atoms with van der Waals surface area (Å²) in [6, 6.07) is 1.16. The summed E-state index contributed by atoms with van der Waals surface area (Å²) in [5, 5.41) is 25.4. The molecule has 1 aromatic rings. The van der Waals surface area contributed by atoms with E-state index in [0.717, 1.165) is 0 Å². The summed E-state index contributed by atoms with van der Waals surface area (Å²) in [5.74, 6) is -1.37. The zero-order valence-electron chi connectivity index (χ0n) is 7.64. The lowest BCUT2D eigenvalue weighted by Gasteiger charge is -2.07. The Balaban J connectivity index is 2.28. The van der Waals surface area contributed by atoms with Crippen LogP contribution >= 0.6 is 11.3 Å². The third-order valence-corrected chi connectivity index (χ3v) is 2.20. The van der Waals surface area contributed by atoms with Gasteiger partial charge < -0.3 is 20.8 Å². The summed E-state index contributed by atoms with van der Waals surface area (Å²) < 4.78 is 0. The summed E-state index contributed by atoms with van der Waals surface area (Å²) in [7, 11) is 0. The van der Waals surface area contributed by atoms with E-state index in [1.807, 2.05) is 0 Å². The van der Waals surface area contributed by atoms with Gasteiger partial charge in [0.05, 0.1) is 12.2 Å². The van der Waals surface area contributed by atoms with Crippen LogP contribution in [0.2, 0.25) is 0 Å². The van der Waals surface area contributed by atoms with E-state index in [1.54, 1.807) is 16.8 Å². The van der Waals surface area contributed by atoms with Gasteiger partial charge in [0.25, 0.3) is 0 Å². The van der Waals surface area contributed by atoms with Gasteiger partial charge in [-0.05, 0) is 11.4 Å². The molecule has 4 N–H and O–H groups in total. The first-order chi connectivity index (χ1) is 7.09. The van der Waals surface area contributed by atoms with Crippen LogP contribution in [-0.4, -0.2) is 34.9 Å². The Kier molecular flexibility index (Phi) is 4.07. The second-order valence-corrected chi connectivity index (χ2v) is 3.48. The average molecular weight is 230 g/mol. The predicted octanol–water partition coefficient (Wildman–Crippen LogP) is 0.315. The highest BCUT2D eigenvalue weighted by atomic mass is 32.1. The van der Waals surface area contributed by atoms with Crippen molar-refractivity contribution in [2.45, 2.75) is 6.10 Å². The molecule has 82 valence electrons. The number of thiophene rings is 1. The normalized spacial score (nSPS) is 11.8. The fourth-order valence-corrected chi connectivity index (χ4v) is 1.38. The highest BCUT2D eigenvalue weighted by Crippen LogP contribution is 2.10. The molecule has 7 heteroatoms. The number of aliphatic hydroxyl groups excluding tert-OH is 1. The molecule has 0 aromatic carbocycles. The van der Waals surface area contributed by atoms with Crippen LogP contribution in [0.4, 0.5) is 10.5 Å². The van der Waals surface area contributed by atoms with Crippen LogP contribution < -0.4 is 10.6 Å². The van der Waals surface area contributed by atoms with Crippen LogP contribution in [0.15, 0.2) is 16.8 Å². The van der Waals surface area contributed by atoms with Crippen molar-refractivity contribution in [3.05, 3.63) is 16.8 Å². The number of carboxylic acids is 1. The summed E-state index contributed by atoms with van der Waals surface area (Å²) >= 11 is 1.42. The van der Waals surface area contributed by atoms with Crippen molar-refractivity contribution in [3.63, 3.8) is 0 Å². The molecule has 1 aromatic heterocycles. The lowest BCUT2D eigenvalue weighted by Crippen LogP contribution is -2.38. The number of hydrogen-bond acceptors (Lipinski definition) is 4. The van der Waals surface area contributed by atoms with Gasteiger partial charge in [-0.1, -0.05) is 0 Å². The summed E-state index contributed by atoms with van der Waals surface area (Å²) in [5.41, 5.74) is 0.627. The van der Waals surface area contributed by atoms with Gasteiger partial charge in [-0.3, -0.25) is 0 Å². The first-order valence-electron chi connectivity index (χ1n) is 4.07. The van der Waals surface area contributed by atoms with Crippen molar-refractivity contribution >= 4 is 29.0 Å². The smallest absolute Gasteiger partial charge is 0.334 e. The number of anilines is 1. The summed E-state index contributed by atoms with van der Waals surface area (Å²) in [6.07, 6.45) is -1.58. The monoisotopic (exact) mass is 230 g/mol. The Hall–Kier alpha value is -1.60. The lowest BCUT2D eigenvalue weighted by molar-refractivity contribution is -0.146. The van der Waals surface area contributed by atoms with E-state index >= 15 is 0 Å². The third kappa shape index (κ3) is 3.96. The zero-order valence-corrected chi connectivity index (χ0v) is 8.45. The zero-order chi connectivity index (χ0) is 11.3. The number of carbonyl (C=O) groups is 2. The van der Waals surface area contributed by atoms with Gasteiger partial charge >= 0.3 is 12.0 Å². The molecule has 1 rings (SSSR count). The van der Waals surface area contributed by atoms with Crippen molar-refractivity contribution in [1.82, 2.24) is 5.32 Å². The van der Waals surface area contributed by atoms with Crippen molar-refractivity contribution in [1.29, 1.82) is 0 Å². The fourth-order valence-electron chi connectivity index (χ4n) is 0.788. The van der Waals surface area contributed by atoms with E-state index in [-0.39, 0.29) is 6.54 Å². The van der Waals surface area contributed by atoms with Gasteiger partial charge in [-0.15, -0.1) is 0 Å². The minimum Gasteiger partial charge on any atom is -0.479 e. The maximum absolute atomic E-state index is 11.1. The van der Waals surface area contributed by atoms with E-state index in [4.69, 9.17) is 10.2 Å². The first kappa shape index (κ1) is 11.5. The third-order valence-electron chi connectivity index (χ3n) is 1.52. The molecule has 0 saturated heterocycles. The molecule has 0 aliphatic carbocycles. The highest BCUT2D eigenvalue weighted by Gasteiger charge is 2.13. The number of aliphatic carboxylic acids is 1. The van der Waals surface area contributed by atoms with Gasteiger partial charge in [-0.25, -0.2) is 9.59 Å². The second-order valence-electron chi connectivity index (χ2n) is 2.70. The largest absolute Gasteiger partial charge is 0.479 e. The Labute approximate surface area is 89.5 Å². The molecule has 0 bridgehead atoms. The van der Waals surface area contributed by atoms with Crippen LogP contribution in [0.5, 0.6) is 0 Å². The van der Waals surface area contributed by atoms with Crippen molar-refractivity contribution < 1.29 is 19.8 Å².